The summed E-state index contributed by atoms with van der Waals surface area (Å²) in [5.41, 5.74) is 5.52. The molecule has 0 amide bonds. The lowest BCUT2D eigenvalue weighted by molar-refractivity contribution is -0.116. The third-order valence-corrected chi connectivity index (χ3v) is 6.35. The molecule has 0 saturated carbocycles. The predicted molar refractivity (Wildman–Crippen MR) is 113 cm³/mol. The molecule has 0 spiro atoms. The zero-order chi connectivity index (χ0) is 20.1. The van der Waals surface area contributed by atoms with Crippen LogP contribution in [0.2, 0.25) is 0 Å². The molecule has 1 aromatic heterocycles. The van der Waals surface area contributed by atoms with E-state index in [9.17, 15) is 9.90 Å². The number of nitrogens with one attached hydrogen (secondary N) is 1. The van der Waals surface area contributed by atoms with Gasteiger partial charge in [0.25, 0.3) is 0 Å². The third kappa shape index (κ3) is 3.08. The van der Waals surface area contributed by atoms with E-state index in [2.05, 4.69) is 26.4 Å². The Bertz CT molecular complexity index is 1130. The van der Waals surface area contributed by atoms with Gasteiger partial charge in [-0.05, 0) is 54.7 Å². The Balaban J connectivity index is 1.61. The minimum absolute atomic E-state index is 0.0606. The van der Waals surface area contributed by atoms with E-state index in [0.29, 0.717) is 18.7 Å². The van der Waals surface area contributed by atoms with Crippen LogP contribution in [0.3, 0.4) is 0 Å². The van der Waals surface area contributed by atoms with Gasteiger partial charge in [0.15, 0.2) is 5.78 Å². The summed E-state index contributed by atoms with van der Waals surface area (Å²) in [6.45, 7) is 1.91. The standard InChI is InChI=1S/C23H19BrN2O3/c1-12-20-21(14-2-6-16(24)7-3-14)22-18(25-23(20)29-26-12)10-15(11-19(22)28)13-4-8-17(27)9-5-13/h2-9,15,21,25,27H,10-11H2,1H3/t15-,21+/m0/s1. The zero-order valence-corrected chi connectivity index (χ0v) is 17.4. The van der Waals surface area contributed by atoms with E-state index in [1.54, 1.807) is 12.1 Å². The number of phenolic OH excluding ortho intramolecular Hbond substituents is 1. The number of fused-ring (bicyclic) bond motifs is 1. The Labute approximate surface area is 176 Å². The Hall–Kier alpha value is -2.86. The number of phenols is 1. The van der Waals surface area contributed by atoms with Crippen molar-refractivity contribution in [1.82, 2.24) is 5.16 Å². The van der Waals surface area contributed by atoms with Crippen molar-refractivity contribution in [2.75, 3.05) is 5.32 Å². The van der Waals surface area contributed by atoms with Crippen molar-refractivity contribution in [1.29, 1.82) is 0 Å². The third-order valence-electron chi connectivity index (χ3n) is 5.83. The van der Waals surface area contributed by atoms with E-state index in [0.717, 1.165) is 38.1 Å². The first kappa shape index (κ1) is 18.2. The first-order chi connectivity index (χ1) is 14.0. The fourth-order valence-corrected chi connectivity index (χ4v) is 4.71. The highest BCUT2D eigenvalue weighted by Crippen LogP contribution is 2.49. The molecule has 0 unspecified atom stereocenters. The lowest BCUT2D eigenvalue weighted by atomic mass is 9.72. The lowest BCUT2D eigenvalue weighted by Gasteiger charge is -2.34. The minimum Gasteiger partial charge on any atom is -0.508 e. The van der Waals surface area contributed by atoms with E-state index >= 15 is 0 Å². The Morgan fingerprint density at radius 1 is 1.07 bits per heavy atom. The van der Waals surface area contributed by atoms with Crippen LogP contribution in [-0.4, -0.2) is 16.0 Å². The molecule has 6 heteroatoms. The Morgan fingerprint density at radius 3 is 2.48 bits per heavy atom. The number of hydrogen-bond acceptors (Lipinski definition) is 5. The highest BCUT2D eigenvalue weighted by atomic mass is 79.9. The van der Waals surface area contributed by atoms with Crippen LogP contribution in [0.4, 0.5) is 5.88 Å². The summed E-state index contributed by atoms with van der Waals surface area (Å²) < 4.78 is 6.55. The summed E-state index contributed by atoms with van der Waals surface area (Å²) in [6.07, 6.45) is 1.15. The first-order valence-corrected chi connectivity index (χ1v) is 10.3. The van der Waals surface area contributed by atoms with Crippen LogP contribution < -0.4 is 5.32 Å². The molecular formula is C23H19BrN2O3. The fourth-order valence-electron chi connectivity index (χ4n) is 4.44. The Kier molecular flexibility index (Phi) is 4.32. The number of benzene rings is 2. The van der Waals surface area contributed by atoms with Crippen molar-refractivity contribution in [3.8, 4) is 5.75 Å². The van der Waals surface area contributed by atoms with Crippen LogP contribution in [0, 0.1) is 6.92 Å². The van der Waals surface area contributed by atoms with E-state index in [1.165, 1.54) is 0 Å². The first-order valence-electron chi connectivity index (χ1n) is 9.55. The van der Waals surface area contributed by atoms with Gasteiger partial charge in [-0.15, -0.1) is 0 Å². The van der Waals surface area contributed by atoms with Gasteiger partial charge in [0.1, 0.15) is 5.75 Å². The van der Waals surface area contributed by atoms with Crippen LogP contribution >= 0.6 is 15.9 Å². The van der Waals surface area contributed by atoms with Crippen LogP contribution in [0.25, 0.3) is 0 Å². The molecule has 1 aliphatic heterocycles. The number of halogens is 1. The molecule has 2 heterocycles. The number of allylic oxidation sites excluding steroid dienone is 2. The molecule has 1 aliphatic carbocycles. The zero-order valence-electron chi connectivity index (χ0n) is 15.8. The molecule has 2 aliphatic rings. The molecule has 5 nitrogen and oxygen atoms in total. The van der Waals surface area contributed by atoms with E-state index in [4.69, 9.17) is 4.52 Å². The van der Waals surface area contributed by atoms with Crippen LogP contribution in [-0.2, 0) is 4.79 Å². The van der Waals surface area contributed by atoms with Gasteiger partial charge in [-0.3, -0.25) is 4.79 Å². The topological polar surface area (TPSA) is 75.4 Å². The predicted octanol–water partition coefficient (Wildman–Crippen LogP) is 5.41. The Morgan fingerprint density at radius 2 is 1.76 bits per heavy atom. The minimum atomic E-state index is -0.186. The average Bonchev–Trinajstić information content (AvgIpc) is 3.08. The normalized spacial score (nSPS) is 20.8. The van der Waals surface area contributed by atoms with E-state index in [1.807, 2.05) is 43.3 Å². The number of ketones is 1. The molecule has 0 bridgehead atoms. The molecule has 2 aromatic carbocycles. The number of Topliss-reactive ketones (excluding diaryl/α,β-unsaturated/α-hetero) is 1. The van der Waals surface area contributed by atoms with Gasteiger partial charge < -0.3 is 14.9 Å². The highest BCUT2D eigenvalue weighted by Gasteiger charge is 2.41. The molecule has 2 atom stereocenters. The smallest absolute Gasteiger partial charge is 0.233 e. The highest BCUT2D eigenvalue weighted by molar-refractivity contribution is 9.10. The SMILES string of the molecule is Cc1noc2c1[C@@H](c1ccc(Br)cc1)C1=C(C[C@H](c3ccc(O)cc3)CC1=O)N2. The molecule has 0 fully saturated rings. The number of aromatic hydroxyl groups is 1. The molecule has 3 aromatic rings. The van der Waals surface area contributed by atoms with Crippen LogP contribution in [0.5, 0.6) is 5.75 Å². The molecule has 29 heavy (non-hydrogen) atoms. The van der Waals surface area contributed by atoms with Gasteiger partial charge >= 0.3 is 0 Å². The van der Waals surface area contributed by atoms with Gasteiger partial charge in [0.05, 0.1) is 11.3 Å². The summed E-state index contributed by atoms with van der Waals surface area (Å²) in [4.78, 5) is 13.4. The maximum atomic E-state index is 13.4. The van der Waals surface area contributed by atoms with Gasteiger partial charge in [0, 0.05) is 28.1 Å². The number of anilines is 1. The summed E-state index contributed by atoms with van der Waals surface area (Å²) in [7, 11) is 0. The lowest BCUT2D eigenvalue weighted by Crippen LogP contribution is -2.29. The van der Waals surface area contributed by atoms with Crippen molar-refractivity contribution < 1.29 is 14.4 Å². The number of aromatic nitrogens is 1. The van der Waals surface area contributed by atoms with Crippen molar-refractivity contribution in [2.24, 2.45) is 0 Å². The van der Waals surface area contributed by atoms with Crippen LogP contribution in [0.1, 0.15) is 47.1 Å². The second kappa shape index (κ2) is 6.88. The number of nitrogens with zero attached hydrogens (tertiary/aromatic N) is 1. The fraction of sp³-hybridized carbons (Fsp3) is 0.217. The summed E-state index contributed by atoms with van der Waals surface area (Å²) in [6, 6.07) is 15.2. The maximum absolute atomic E-state index is 13.4. The molecule has 146 valence electrons. The number of hydrogen-bond donors (Lipinski definition) is 2. The van der Waals surface area contributed by atoms with Crippen LogP contribution in [0.15, 0.2) is 68.8 Å². The average molecular weight is 451 g/mol. The molecular weight excluding hydrogens is 432 g/mol. The quantitative estimate of drug-likeness (QED) is 0.545. The maximum Gasteiger partial charge on any atom is 0.233 e. The van der Waals surface area contributed by atoms with E-state index < -0.39 is 0 Å². The molecule has 5 rings (SSSR count). The van der Waals surface area contributed by atoms with E-state index in [-0.39, 0.29) is 23.4 Å². The summed E-state index contributed by atoms with van der Waals surface area (Å²) in [5, 5.41) is 17.1. The molecule has 0 radical (unpaired) electrons. The monoisotopic (exact) mass is 450 g/mol. The van der Waals surface area contributed by atoms with Crippen molar-refractivity contribution in [3.63, 3.8) is 0 Å². The van der Waals surface area contributed by atoms with Gasteiger partial charge in [-0.25, -0.2) is 0 Å². The number of carbonyl (C=O) groups is 1. The number of carbonyl (C=O) groups excluding carboxylic acids is 1. The van der Waals surface area contributed by atoms with Crippen molar-refractivity contribution in [2.45, 2.75) is 31.6 Å². The second-order valence-corrected chi connectivity index (χ2v) is 8.55. The largest absolute Gasteiger partial charge is 0.508 e. The number of rotatable bonds is 2. The summed E-state index contributed by atoms with van der Waals surface area (Å²) >= 11 is 3.49. The van der Waals surface area contributed by atoms with Crippen molar-refractivity contribution >= 4 is 27.6 Å². The van der Waals surface area contributed by atoms with Gasteiger partial charge in [-0.2, -0.15) is 0 Å². The van der Waals surface area contributed by atoms with Gasteiger partial charge in [0.2, 0.25) is 5.88 Å². The second-order valence-electron chi connectivity index (χ2n) is 7.63. The summed E-state index contributed by atoms with van der Waals surface area (Å²) in [5.74, 6) is 0.854. The molecule has 2 N–H and O–H groups in total. The molecule has 0 saturated heterocycles. The van der Waals surface area contributed by atoms with Crippen molar-refractivity contribution in [3.05, 3.63) is 86.7 Å². The number of aryl methyl sites for hydroxylation is 1. The van der Waals surface area contributed by atoms with Gasteiger partial charge in [-0.1, -0.05) is 45.4 Å².